The summed E-state index contributed by atoms with van der Waals surface area (Å²) in [5, 5.41) is 8.80. The summed E-state index contributed by atoms with van der Waals surface area (Å²) in [7, 11) is 1.61. The molecule has 1 aliphatic heterocycles. The summed E-state index contributed by atoms with van der Waals surface area (Å²) in [4.78, 5) is 25.4. The molecular weight excluding hydrogens is 446 g/mol. The van der Waals surface area contributed by atoms with Crippen molar-refractivity contribution in [1.82, 2.24) is 4.90 Å². The summed E-state index contributed by atoms with van der Waals surface area (Å²) < 4.78 is 11.8. The molecule has 1 saturated heterocycles. The van der Waals surface area contributed by atoms with Crippen LogP contribution in [0.4, 0.5) is 0 Å². The lowest BCUT2D eigenvalue weighted by atomic mass is 10.1. The summed E-state index contributed by atoms with van der Waals surface area (Å²) in [6.45, 7) is 2.73. The number of nitrogens with zero attached hydrogens (tertiary/aromatic N) is 1. The second kappa shape index (κ2) is 11.2. The number of carboxylic acid groups (broad SMARTS) is 1. The highest BCUT2D eigenvalue weighted by Gasteiger charge is 2.31. The summed E-state index contributed by atoms with van der Waals surface area (Å²) >= 11 is 6.53. The molecule has 2 aromatic carbocycles. The van der Waals surface area contributed by atoms with Gasteiger partial charge in [-0.25, -0.2) is 0 Å². The van der Waals surface area contributed by atoms with E-state index in [2.05, 4.69) is 6.92 Å². The fourth-order valence-corrected chi connectivity index (χ4v) is 4.52. The average molecular weight is 472 g/mol. The molecule has 0 spiro atoms. The number of amides is 1. The number of benzene rings is 2. The molecule has 1 N–H and O–H groups in total. The van der Waals surface area contributed by atoms with Gasteiger partial charge in [-0.05, 0) is 54.3 Å². The van der Waals surface area contributed by atoms with Crippen LogP contribution in [0, 0.1) is 0 Å². The van der Waals surface area contributed by atoms with Gasteiger partial charge in [0.2, 0.25) is 0 Å². The molecule has 1 amide bonds. The first-order valence-corrected chi connectivity index (χ1v) is 11.5. The van der Waals surface area contributed by atoms with Crippen LogP contribution in [-0.2, 0) is 22.6 Å². The van der Waals surface area contributed by atoms with E-state index in [4.69, 9.17) is 26.8 Å². The lowest BCUT2D eigenvalue weighted by Gasteiger charge is -2.13. The molecule has 0 aromatic heterocycles. The van der Waals surface area contributed by atoms with Crippen LogP contribution in [0.25, 0.3) is 6.08 Å². The van der Waals surface area contributed by atoms with Crippen molar-refractivity contribution < 1.29 is 24.2 Å². The van der Waals surface area contributed by atoms with E-state index in [0.29, 0.717) is 34.5 Å². The van der Waals surface area contributed by atoms with Crippen LogP contribution < -0.4 is 9.47 Å². The fraction of sp³-hybridized carbons (Fsp3) is 0.292. The number of thiocarbonyl (C=S) groups is 1. The molecule has 32 heavy (non-hydrogen) atoms. The predicted octanol–water partition coefficient (Wildman–Crippen LogP) is 4.90. The van der Waals surface area contributed by atoms with E-state index in [1.165, 1.54) is 22.2 Å². The van der Waals surface area contributed by atoms with Gasteiger partial charge in [-0.2, -0.15) is 0 Å². The highest BCUT2D eigenvalue weighted by atomic mass is 32.2. The van der Waals surface area contributed by atoms with Crippen molar-refractivity contribution >= 4 is 46.3 Å². The van der Waals surface area contributed by atoms with Crippen LogP contribution in [0.1, 0.15) is 36.5 Å². The van der Waals surface area contributed by atoms with E-state index < -0.39 is 5.97 Å². The number of methoxy groups -OCH3 is 1. The normalized spacial score (nSPS) is 14.8. The van der Waals surface area contributed by atoms with Crippen molar-refractivity contribution in [1.29, 1.82) is 0 Å². The highest BCUT2D eigenvalue weighted by Crippen LogP contribution is 2.33. The molecule has 1 aliphatic rings. The first kappa shape index (κ1) is 23.8. The van der Waals surface area contributed by atoms with Gasteiger partial charge in [0.25, 0.3) is 5.91 Å². The van der Waals surface area contributed by atoms with Gasteiger partial charge in [-0.1, -0.05) is 49.1 Å². The number of rotatable bonds is 10. The molecule has 168 valence electrons. The minimum atomic E-state index is -0.889. The Morgan fingerprint density at radius 3 is 2.62 bits per heavy atom. The molecule has 0 atom stereocenters. The molecule has 2 aromatic rings. The smallest absolute Gasteiger partial charge is 0.303 e. The maximum atomic E-state index is 12.7. The zero-order valence-electron chi connectivity index (χ0n) is 18.0. The van der Waals surface area contributed by atoms with Gasteiger partial charge in [0, 0.05) is 18.5 Å². The third-order valence-corrected chi connectivity index (χ3v) is 6.35. The van der Waals surface area contributed by atoms with Crippen molar-refractivity contribution in [3.63, 3.8) is 0 Å². The lowest BCUT2D eigenvalue weighted by Crippen LogP contribution is -2.29. The first-order valence-electron chi connectivity index (χ1n) is 10.3. The molecule has 3 rings (SSSR count). The standard InChI is InChI=1S/C24H25NO5S2/c1-3-16-6-9-19(10-7-16)30-15-18-13-17(8-11-20(18)29-2)14-21-23(28)25(24(31)32-21)12-4-5-22(26)27/h6-11,13-14H,3-5,12,15H2,1-2H3,(H,26,27). The van der Waals surface area contributed by atoms with E-state index in [9.17, 15) is 9.59 Å². The van der Waals surface area contributed by atoms with Crippen LogP contribution >= 0.6 is 24.0 Å². The second-order valence-corrected chi connectivity index (χ2v) is 8.86. The van der Waals surface area contributed by atoms with Crippen molar-refractivity contribution in [3.05, 3.63) is 64.1 Å². The Bertz CT molecular complexity index is 1030. The fourth-order valence-electron chi connectivity index (χ4n) is 3.22. The third kappa shape index (κ3) is 6.11. The minimum absolute atomic E-state index is 0.000874. The molecule has 0 radical (unpaired) electrons. The SMILES string of the molecule is CCc1ccc(OCc2cc(C=C3SC(=S)N(CCCC(=O)O)C3=O)ccc2OC)cc1. The van der Waals surface area contributed by atoms with Crippen LogP contribution in [0.3, 0.4) is 0 Å². The number of thioether (sulfide) groups is 1. The number of aryl methyl sites for hydroxylation is 1. The largest absolute Gasteiger partial charge is 0.496 e. The molecule has 0 unspecified atom stereocenters. The molecule has 1 fully saturated rings. The van der Waals surface area contributed by atoms with Crippen LogP contribution in [-0.4, -0.2) is 39.9 Å². The number of hydrogen-bond acceptors (Lipinski definition) is 6. The predicted molar refractivity (Wildman–Crippen MR) is 130 cm³/mol. The van der Waals surface area contributed by atoms with E-state index in [0.717, 1.165) is 23.3 Å². The summed E-state index contributed by atoms with van der Waals surface area (Å²) in [6, 6.07) is 13.6. The van der Waals surface area contributed by atoms with Gasteiger partial charge < -0.3 is 14.6 Å². The van der Waals surface area contributed by atoms with Crippen LogP contribution in [0.5, 0.6) is 11.5 Å². The van der Waals surface area contributed by atoms with Gasteiger partial charge in [-0.15, -0.1) is 0 Å². The van der Waals surface area contributed by atoms with E-state index in [1.54, 1.807) is 13.2 Å². The van der Waals surface area contributed by atoms with Crippen molar-refractivity contribution in [3.8, 4) is 11.5 Å². The Kier molecular flexibility index (Phi) is 8.30. The second-order valence-electron chi connectivity index (χ2n) is 7.19. The number of ether oxygens (including phenoxy) is 2. The molecule has 0 aliphatic carbocycles. The van der Waals surface area contributed by atoms with Crippen molar-refractivity contribution in [2.45, 2.75) is 32.8 Å². The maximum Gasteiger partial charge on any atom is 0.303 e. The number of carbonyl (C=O) groups is 2. The van der Waals surface area contributed by atoms with Crippen LogP contribution in [0.2, 0.25) is 0 Å². The summed E-state index contributed by atoms with van der Waals surface area (Å²) in [5.74, 6) is 0.390. The van der Waals surface area contributed by atoms with E-state index >= 15 is 0 Å². The Hall–Kier alpha value is -2.84. The van der Waals surface area contributed by atoms with Crippen LogP contribution in [0.15, 0.2) is 47.4 Å². The van der Waals surface area contributed by atoms with E-state index in [1.807, 2.05) is 42.5 Å². The quantitative estimate of drug-likeness (QED) is 0.390. The highest BCUT2D eigenvalue weighted by molar-refractivity contribution is 8.26. The van der Waals surface area contributed by atoms with E-state index in [-0.39, 0.29) is 12.3 Å². The third-order valence-electron chi connectivity index (χ3n) is 4.97. The molecule has 0 saturated carbocycles. The lowest BCUT2D eigenvalue weighted by molar-refractivity contribution is -0.137. The maximum absolute atomic E-state index is 12.7. The average Bonchev–Trinajstić information content (AvgIpc) is 3.05. The zero-order valence-corrected chi connectivity index (χ0v) is 19.6. The Balaban J connectivity index is 1.72. The molecule has 6 nitrogen and oxygen atoms in total. The first-order chi connectivity index (χ1) is 15.4. The molecule has 1 heterocycles. The van der Waals surface area contributed by atoms with Gasteiger partial charge in [0.1, 0.15) is 22.4 Å². The van der Waals surface area contributed by atoms with Gasteiger partial charge in [-0.3, -0.25) is 14.5 Å². The summed E-state index contributed by atoms with van der Waals surface area (Å²) in [5.41, 5.74) is 2.94. The van der Waals surface area contributed by atoms with Crippen molar-refractivity contribution in [2.24, 2.45) is 0 Å². The number of carboxylic acids is 1. The zero-order chi connectivity index (χ0) is 23.1. The Morgan fingerprint density at radius 1 is 1.22 bits per heavy atom. The summed E-state index contributed by atoms with van der Waals surface area (Å²) in [6.07, 6.45) is 3.12. The Morgan fingerprint density at radius 2 is 1.97 bits per heavy atom. The minimum Gasteiger partial charge on any atom is -0.496 e. The number of aliphatic carboxylic acids is 1. The van der Waals surface area contributed by atoms with Crippen molar-refractivity contribution in [2.75, 3.05) is 13.7 Å². The molecule has 0 bridgehead atoms. The van der Waals surface area contributed by atoms with Gasteiger partial charge in [0.15, 0.2) is 0 Å². The molecule has 8 heteroatoms. The van der Waals surface area contributed by atoms with Gasteiger partial charge in [0.05, 0.1) is 12.0 Å². The Labute approximate surface area is 197 Å². The number of carbonyl (C=O) groups excluding carboxylic acids is 1. The number of hydrogen-bond donors (Lipinski definition) is 1. The van der Waals surface area contributed by atoms with Gasteiger partial charge >= 0.3 is 5.97 Å². The molecular formula is C24H25NO5S2. The topological polar surface area (TPSA) is 76.1 Å². The monoisotopic (exact) mass is 471 g/mol.